The first kappa shape index (κ1) is 18.0. The van der Waals surface area contributed by atoms with Crippen LogP contribution in [0.2, 0.25) is 0 Å². The SMILES string of the molecule is CCNC(=O)N1CCN(C(=O)CCc2ccc(OC)c(F)c2)CC1. The first-order chi connectivity index (χ1) is 11.5. The molecule has 1 aliphatic heterocycles. The van der Waals surface area contributed by atoms with E-state index in [9.17, 15) is 14.0 Å². The van der Waals surface area contributed by atoms with Crippen LogP contribution in [0.3, 0.4) is 0 Å². The quantitative estimate of drug-likeness (QED) is 0.888. The van der Waals surface area contributed by atoms with Gasteiger partial charge in [0.2, 0.25) is 5.91 Å². The molecule has 1 heterocycles. The number of amides is 3. The lowest BCUT2D eigenvalue weighted by atomic mass is 10.1. The molecular formula is C17H24FN3O3. The molecule has 132 valence electrons. The number of nitrogens with one attached hydrogen (secondary N) is 1. The van der Waals surface area contributed by atoms with Crippen LogP contribution < -0.4 is 10.1 Å². The number of hydrogen-bond acceptors (Lipinski definition) is 3. The molecule has 1 N–H and O–H groups in total. The monoisotopic (exact) mass is 337 g/mol. The molecule has 6 nitrogen and oxygen atoms in total. The topological polar surface area (TPSA) is 61.9 Å². The highest BCUT2D eigenvalue weighted by atomic mass is 19.1. The molecule has 1 aliphatic rings. The fourth-order valence-corrected chi connectivity index (χ4v) is 2.70. The molecule has 1 fully saturated rings. The summed E-state index contributed by atoms with van der Waals surface area (Å²) >= 11 is 0. The molecule has 0 radical (unpaired) electrons. The summed E-state index contributed by atoms with van der Waals surface area (Å²) in [4.78, 5) is 27.5. The van der Waals surface area contributed by atoms with E-state index >= 15 is 0 Å². The first-order valence-electron chi connectivity index (χ1n) is 8.18. The number of piperazine rings is 1. The Morgan fingerprint density at radius 1 is 1.21 bits per heavy atom. The zero-order valence-electron chi connectivity index (χ0n) is 14.2. The molecule has 24 heavy (non-hydrogen) atoms. The Bertz CT molecular complexity index is 586. The number of aryl methyl sites for hydroxylation is 1. The van der Waals surface area contributed by atoms with Gasteiger partial charge in [0, 0.05) is 39.1 Å². The van der Waals surface area contributed by atoms with Crippen molar-refractivity contribution >= 4 is 11.9 Å². The lowest BCUT2D eigenvalue weighted by molar-refractivity contribution is -0.132. The van der Waals surface area contributed by atoms with Gasteiger partial charge < -0.3 is 19.9 Å². The maximum absolute atomic E-state index is 13.6. The Hall–Kier alpha value is -2.31. The number of hydrogen-bond donors (Lipinski definition) is 1. The van der Waals surface area contributed by atoms with Gasteiger partial charge in [-0.15, -0.1) is 0 Å². The number of carbonyl (C=O) groups is 2. The lowest BCUT2D eigenvalue weighted by Crippen LogP contribution is -2.53. The number of carbonyl (C=O) groups excluding carboxylic acids is 2. The molecular weight excluding hydrogens is 313 g/mol. The highest BCUT2D eigenvalue weighted by Crippen LogP contribution is 2.18. The number of ether oxygens (including phenoxy) is 1. The number of benzene rings is 1. The molecule has 1 saturated heterocycles. The van der Waals surface area contributed by atoms with E-state index in [-0.39, 0.29) is 17.7 Å². The average Bonchev–Trinajstić information content (AvgIpc) is 2.60. The highest BCUT2D eigenvalue weighted by molar-refractivity contribution is 5.78. The van der Waals surface area contributed by atoms with Crippen LogP contribution in [0.5, 0.6) is 5.75 Å². The van der Waals surface area contributed by atoms with E-state index < -0.39 is 5.82 Å². The molecule has 0 saturated carbocycles. The minimum Gasteiger partial charge on any atom is -0.494 e. The van der Waals surface area contributed by atoms with Gasteiger partial charge in [0.25, 0.3) is 0 Å². The summed E-state index contributed by atoms with van der Waals surface area (Å²) in [5, 5.41) is 2.76. The van der Waals surface area contributed by atoms with E-state index in [1.54, 1.807) is 21.9 Å². The van der Waals surface area contributed by atoms with Crippen molar-refractivity contribution in [2.45, 2.75) is 19.8 Å². The van der Waals surface area contributed by atoms with Crippen molar-refractivity contribution in [3.8, 4) is 5.75 Å². The fraction of sp³-hybridized carbons (Fsp3) is 0.529. The van der Waals surface area contributed by atoms with E-state index in [1.807, 2.05) is 6.92 Å². The van der Waals surface area contributed by atoms with Crippen LogP contribution >= 0.6 is 0 Å². The molecule has 0 bridgehead atoms. The Kier molecular flexibility index (Phi) is 6.40. The second kappa shape index (κ2) is 8.52. The highest BCUT2D eigenvalue weighted by Gasteiger charge is 2.23. The lowest BCUT2D eigenvalue weighted by Gasteiger charge is -2.34. The van der Waals surface area contributed by atoms with Crippen LogP contribution in [-0.2, 0) is 11.2 Å². The van der Waals surface area contributed by atoms with Gasteiger partial charge in [0.15, 0.2) is 11.6 Å². The van der Waals surface area contributed by atoms with E-state index in [4.69, 9.17) is 4.74 Å². The van der Waals surface area contributed by atoms with Gasteiger partial charge in [-0.25, -0.2) is 9.18 Å². The van der Waals surface area contributed by atoms with Crippen molar-refractivity contribution in [3.63, 3.8) is 0 Å². The second-order valence-corrected chi connectivity index (χ2v) is 5.67. The summed E-state index contributed by atoms with van der Waals surface area (Å²) in [5.41, 5.74) is 0.766. The van der Waals surface area contributed by atoms with Crippen molar-refractivity contribution in [2.75, 3.05) is 39.8 Å². The largest absolute Gasteiger partial charge is 0.494 e. The molecule has 0 spiro atoms. The van der Waals surface area contributed by atoms with E-state index in [1.165, 1.54) is 13.2 Å². The normalized spacial score (nSPS) is 14.5. The molecule has 0 aliphatic carbocycles. The van der Waals surface area contributed by atoms with Crippen molar-refractivity contribution in [1.82, 2.24) is 15.1 Å². The molecule has 0 unspecified atom stereocenters. The standard InChI is InChI=1S/C17H24FN3O3/c1-3-19-17(23)21-10-8-20(9-11-21)16(22)7-5-13-4-6-15(24-2)14(18)12-13/h4,6,12H,3,5,7-11H2,1-2H3,(H,19,23). The Balaban J connectivity index is 1.79. The van der Waals surface area contributed by atoms with E-state index in [0.717, 1.165) is 5.56 Å². The number of rotatable bonds is 5. The molecule has 7 heteroatoms. The van der Waals surface area contributed by atoms with Crippen LogP contribution in [0.25, 0.3) is 0 Å². The zero-order chi connectivity index (χ0) is 17.5. The van der Waals surface area contributed by atoms with Gasteiger partial charge >= 0.3 is 6.03 Å². The molecule has 0 atom stereocenters. The van der Waals surface area contributed by atoms with Crippen LogP contribution in [0.1, 0.15) is 18.9 Å². The third kappa shape index (κ3) is 4.59. The number of halogens is 1. The van der Waals surface area contributed by atoms with Gasteiger partial charge in [-0.05, 0) is 31.0 Å². The van der Waals surface area contributed by atoms with Gasteiger partial charge in [0.1, 0.15) is 0 Å². The third-order valence-electron chi connectivity index (χ3n) is 4.09. The maximum atomic E-state index is 13.6. The summed E-state index contributed by atoms with van der Waals surface area (Å²) in [6.45, 7) is 4.61. The van der Waals surface area contributed by atoms with Crippen LogP contribution in [0, 0.1) is 5.82 Å². The number of urea groups is 1. The van der Waals surface area contributed by atoms with Crippen LogP contribution in [0.15, 0.2) is 18.2 Å². The van der Waals surface area contributed by atoms with E-state index in [2.05, 4.69) is 5.32 Å². The summed E-state index contributed by atoms with van der Waals surface area (Å²) in [7, 11) is 1.42. The van der Waals surface area contributed by atoms with Crippen molar-refractivity contribution in [3.05, 3.63) is 29.6 Å². The first-order valence-corrected chi connectivity index (χ1v) is 8.18. The fourth-order valence-electron chi connectivity index (χ4n) is 2.70. The Morgan fingerprint density at radius 3 is 2.46 bits per heavy atom. The molecule has 1 aromatic rings. The summed E-state index contributed by atoms with van der Waals surface area (Å²) in [6.07, 6.45) is 0.809. The van der Waals surface area contributed by atoms with Gasteiger partial charge in [-0.3, -0.25) is 4.79 Å². The predicted octanol–water partition coefficient (Wildman–Crippen LogP) is 1.64. The van der Waals surface area contributed by atoms with Crippen LogP contribution in [-0.4, -0.2) is 61.6 Å². The van der Waals surface area contributed by atoms with E-state index in [0.29, 0.717) is 45.6 Å². The van der Waals surface area contributed by atoms with Crippen molar-refractivity contribution < 1.29 is 18.7 Å². The smallest absolute Gasteiger partial charge is 0.317 e. The maximum Gasteiger partial charge on any atom is 0.317 e. The Labute approximate surface area is 141 Å². The molecule has 0 aromatic heterocycles. The summed E-state index contributed by atoms with van der Waals surface area (Å²) < 4.78 is 18.5. The Morgan fingerprint density at radius 2 is 1.88 bits per heavy atom. The van der Waals surface area contributed by atoms with Crippen LogP contribution in [0.4, 0.5) is 9.18 Å². The number of nitrogens with zero attached hydrogens (tertiary/aromatic N) is 2. The number of methoxy groups -OCH3 is 1. The van der Waals surface area contributed by atoms with Gasteiger partial charge in [-0.1, -0.05) is 6.07 Å². The average molecular weight is 337 g/mol. The predicted molar refractivity (Wildman–Crippen MR) is 88.5 cm³/mol. The van der Waals surface area contributed by atoms with Crippen molar-refractivity contribution in [1.29, 1.82) is 0 Å². The minimum absolute atomic E-state index is 0.0294. The molecule has 2 rings (SSSR count). The second-order valence-electron chi connectivity index (χ2n) is 5.67. The summed E-state index contributed by atoms with van der Waals surface area (Å²) in [6, 6.07) is 4.65. The summed E-state index contributed by atoms with van der Waals surface area (Å²) in [5.74, 6) is -0.189. The van der Waals surface area contributed by atoms with Gasteiger partial charge in [-0.2, -0.15) is 0 Å². The minimum atomic E-state index is -0.419. The molecule has 3 amide bonds. The van der Waals surface area contributed by atoms with Crippen molar-refractivity contribution in [2.24, 2.45) is 0 Å². The molecule has 1 aromatic carbocycles. The zero-order valence-corrected chi connectivity index (χ0v) is 14.2. The third-order valence-corrected chi connectivity index (χ3v) is 4.09. The van der Waals surface area contributed by atoms with Gasteiger partial charge in [0.05, 0.1) is 7.11 Å².